The Morgan fingerprint density at radius 3 is 2.46 bits per heavy atom. The number of hydrogen-bond acceptors (Lipinski definition) is 5. The second kappa shape index (κ2) is 8.01. The van der Waals surface area contributed by atoms with E-state index < -0.39 is 5.72 Å². The van der Waals surface area contributed by atoms with Gasteiger partial charge < -0.3 is 9.57 Å². The first-order valence-electron chi connectivity index (χ1n) is 8.65. The van der Waals surface area contributed by atoms with Gasteiger partial charge in [-0.05, 0) is 12.5 Å². The monoisotopic (exact) mass is 353 g/mol. The summed E-state index contributed by atoms with van der Waals surface area (Å²) in [5.74, 6) is 0.320. The van der Waals surface area contributed by atoms with Crippen molar-refractivity contribution in [1.82, 2.24) is 10.4 Å². The lowest BCUT2D eigenvalue weighted by molar-refractivity contribution is -0.143. The van der Waals surface area contributed by atoms with Crippen LogP contribution < -0.4 is 5.43 Å². The summed E-state index contributed by atoms with van der Waals surface area (Å²) in [6.07, 6.45) is 0.651. The number of carbonyl (C=O) groups excluding carboxylic acids is 1. The largest absolute Gasteiger partial charge is 0.367 e. The summed E-state index contributed by atoms with van der Waals surface area (Å²) < 4.78 is 5.52. The van der Waals surface area contributed by atoms with Crippen LogP contribution in [0.5, 0.6) is 0 Å². The normalized spacial score (nSPS) is 19.0. The molecule has 0 saturated heterocycles. The molecule has 6 heteroatoms. The van der Waals surface area contributed by atoms with Crippen molar-refractivity contribution in [3.63, 3.8) is 0 Å². The molecule has 2 aromatic rings. The molecule has 1 amide bonds. The number of amides is 1. The van der Waals surface area contributed by atoms with E-state index in [2.05, 4.69) is 10.6 Å². The SMILES string of the molecule is CCC1(C)ON=C(c2ccccc2)N1NC(=O)COCc1ccccc1. The van der Waals surface area contributed by atoms with E-state index in [-0.39, 0.29) is 12.5 Å². The molecule has 0 fully saturated rings. The number of ether oxygens (including phenoxy) is 1. The van der Waals surface area contributed by atoms with Crippen molar-refractivity contribution in [2.45, 2.75) is 32.6 Å². The van der Waals surface area contributed by atoms with Gasteiger partial charge in [0.1, 0.15) is 6.61 Å². The maximum absolute atomic E-state index is 12.4. The molecule has 3 rings (SSSR count). The zero-order valence-electron chi connectivity index (χ0n) is 15.0. The van der Waals surface area contributed by atoms with E-state index >= 15 is 0 Å². The Labute approximate surface area is 153 Å². The third kappa shape index (κ3) is 4.03. The van der Waals surface area contributed by atoms with E-state index in [9.17, 15) is 4.79 Å². The van der Waals surface area contributed by atoms with Gasteiger partial charge in [0.15, 0.2) is 5.84 Å². The number of oxime groups is 1. The first-order valence-corrected chi connectivity index (χ1v) is 8.65. The second-order valence-electron chi connectivity index (χ2n) is 6.25. The van der Waals surface area contributed by atoms with Crippen LogP contribution in [0.15, 0.2) is 65.8 Å². The van der Waals surface area contributed by atoms with Crippen molar-refractivity contribution in [1.29, 1.82) is 0 Å². The molecule has 1 N–H and O–H groups in total. The maximum atomic E-state index is 12.4. The topological polar surface area (TPSA) is 63.2 Å². The Balaban J connectivity index is 1.63. The molecule has 0 aromatic heterocycles. The minimum Gasteiger partial charge on any atom is -0.367 e. The van der Waals surface area contributed by atoms with Crippen molar-refractivity contribution >= 4 is 11.7 Å². The summed E-state index contributed by atoms with van der Waals surface area (Å²) in [7, 11) is 0. The summed E-state index contributed by atoms with van der Waals surface area (Å²) >= 11 is 0. The van der Waals surface area contributed by atoms with Crippen LogP contribution in [-0.4, -0.2) is 29.1 Å². The van der Waals surface area contributed by atoms with Crippen molar-refractivity contribution in [3.8, 4) is 0 Å². The molecule has 6 nitrogen and oxygen atoms in total. The van der Waals surface area contributed by atoms with Crippen LogP contribution in [-0.2, 0) is 21.0 Å². The maximum Gasteiger partial charge on any atom is 0.264 e. The number of nitrogens with zero attached hydrogens (tertiary/aromatic N) is 2. The molecular weight excluding hydrogens is 330 g/mol. The third-order valence-corrected chi connectivity index (χ3v) is 4.28. The van der Waals surface area contributed by atoms with Crippen molar-refractivity contribution in [2.75, 3.05) is 6.61 Å². The molecule has 2 aromatic carbocycles. The lowest BCUT2D eigenvalue weighted by Gasteiger charge is -2.33. The summed E-state index contributed by atoms with van der Waals surface area (Å²) in [5, 5.41) is 5.86. The molecule has 1 aliphatic heterocycles. The summed E-state index contributed by atoms with van der Waals surface area (Å²) in [6, 6.07) is 19.4. The number of benzene rings is 2. The smallest absolute Gasteiger partial charge is 0.264 e. The molecule has 136 valence electrons. The number of hydrogen-bond donors (Lipinski definition) is 1. The van der Waals surface area contributed by atoms with Gasteiger partial charge in [-0.15, -0.1) is 0 Å². The van der Waals surface area contributed by atoms with Crippen molar-refractivity contribution < 1.29 is 14.4 Å². The Bertz CT molecular complexity index is 764. The van der Waals surface area contributed by atoms with Crippen LogP contribution >= 0.6 is 0 Å². The Morgan fingerprint density at radius 1 is 1.15 bits per heavy atom. The van der Waals surface area contributed by atoms with Gasteiger partial charge in [0.2, 0.25) is 5.72 Å². The minimum absolute atomic E-state index is 0.0484. The molecule has 1 atom stereocenters. The van der Waals surface area contributed by atoms with Gasteiger partial charge in [-0.25, -0.2) is 5.01 Å². The molecule has 0 aliphatic carbocycles. The highest BCUT2D eigenvalue weighted by molar-refractivity contribution is 6.00. The zero-order chi connectivity index (χ0) is 18.4. The quantitative estimate of drug-likeness (QED) is 0.831. The molecule has 26 heavy (non-hydrogen) atoms. The lowest BCUT2D eigenvalue weighted by Crippen LogP contribution is -2.56. The van der Waals surface area contributed by atoms with E-state index in [1.165, 1.54) is 0 Å². The summed E-state index contributed by atoms with van der Waals surface area (Å²) in [5.41, 5.74) is 4.03. The molecule has 0 saturated carbocycles. The molecule has 0 bridgehead atoms. The van der Waals surface area contributed by atoms with Gasteiger partial charge >= 0.3 is 0 Å². The van der Waals surface area contributed by atoms with Gasteiger partial charge in [0, 0.05) is 12.0 Å². The molecule has 0 spiro atoms. The fourth-order valence-corrected chi connectivity index (χ4v) is 2.60. The predicted molar refractivity (Wildman–Crippen MR) is 98.8 cm³/mol. The van der Waals surface area contributed by atoms with Crippen LogP contribution in [0, 0.1) is 0 Å². The van der Waals surface area contributed by atoms with Crippen LogP contribution in [0.25, 0.3) is 0 Å². The number of amidine groups is 1. The predicted octanol–water partition coefficient (Wildman–Crippen LogP) is 3.05. The summed E-state index contributed by atoms with van der Waals surface area (Å²) in [4.78, 5) is 18.0. The van der Waals surface area contributed by atoms with Gasteiger partial charge in [-0.3, -0.25) is 10.2 Å². The van der Waals surface area contributed by atoms with Crippen LogP contribution in [0.4, 0.5) is 0 Å². The van der Waals surface area contributed by atoms with Crippen molar-refractivity contribution in [2.24, 2.45) is 5.16 Å². The minimum atomic E-state index is -0.736. The molecular formula is C20H23N3O3. The third-order valence-electron chi connectivity index (χ3n) is 4.28. The van der Waals surface area contributed by atoms with E-state index in [1.807, 2.05) is 74.5 Å². The molecule has 1 heterocycles. The first kappa shape index (κ1) is 17.9. The first-order chi connectivity index (χ1) is 12.6. The van der Waals surface area contributed by atoms with E-state index in [0.29, 0.717) is 18.9 Å². The average molecular weight is 353 g/mol. The fourth-order valence-electron chi connectivity index (χ4n) is 2.60. The van der Waals surface area contributed by atoms with Crippen LogP contribution in [0.1, 0.15) is 31.4 Å². The highest BCUT2D eigenvalue weighted by Crippen LogP contribution is 2.28. The van der Waals surface area contributed by atoms with Crippen LogP contribution in [0.3, 0.4) is 0 Å². The zero-order valence-corrected chi connectivity index (χ0v) is 15.0. The second-order valence-corrected chi connectivity index (χ2v) is 6.25. The Kier molecular flexibility index (Phi) is 5.53. The molecule has 0 radical (unpaired) electrons. The number of carbonyl (C=O) groups is 1. The lowest BCUT2D eigenvalue weighted by atomic mass is 10.1. The Hall–Kier alpha value is -2.86. The van der Waals surface area contributed by atoms with Gasteiger partial charge in [-0.2, -0.15) is 0 Å². The van der Waals surface area contributed by atoms with Gasteiger partial charge in [0.25, 0.3) is 5.91 Å². The van der Waals surface area contributed by atoms with E-state index in [0.717, 1.165) is 11.1 Å². The highest BCUT2D eigenvalue weighted by atomic mass is 16.7. The van der Waals surface area contributed by atoms with E-state index in [1.54, 1.807) is 5.01 Å². The standard InChI is InChI=1S/C20H23N3O3/c1-3-20(2)23(19(22-26-20)17-12-8-5-9-13-17)21-18(24)15-25-14-16-10-6-4-7-11-16/h4-13H,3,14-15H2,1-2H3,(H,21,24). The number of nitrogens with one attached hydrogen (secondary N) is 1. The molecule has 1 aliphatic rings. The summed E-state index contributed by atoms with van der Waals surface area (Å²) in [6.45, 7) is 4.20. The van der Waals surface area contributed by atoms with E-state index in [4.69, 9.17) is 9.57 Å². The van der Waals surface area contributed by atoms with Gasteiger partial charge in [0.05, 0.1) is 6.61 Å². The Morgan fingerprint density at radius 2 is 1.81 bits per heavy atom. The average Bonchev–Trinajstić information content (AvgIpc) is 3.00. The highest BCUT2D eigenvalue weighted by Gasteiger charge is 2.42. The molecule has 1 unspecified atom stereocenters. The number of hydrazine groups is 1. The van der Waals surface area contributed by atoms with Gasteiger partial charge in [-0.1, -0.05) is 72.7 Å². The van der Waals surface area contributed by atoms with Crippen LogP contribution in [0.2, 0.25) is 0 Å². The number of rotatable bonds is 7. The van der Waals surface area contributed by atoms with Crippen molar-refractivity contribution in [3.05, 3.63) is 71.8 Å². The fraction of sp³-hybridized carbons (Fsp3) is 0.300.